The molecule has 5 nitrogen and oxygen atoms in total. The third kappa shape index (κ3) is 4.56. The molecule has 1 fully saturated rings. The van der Waals surface area contributed by atoms with Gasteiger partial charge >= 0.3 is 0 Å². The smallest absolute Gasteiger partial charge is 0.254 e. The lowest BCUT2D eigenvalue weighted by molar-refractivity contribution is 0.194. The van der Waals surface area contributed by atoms with Gasteiger partial charge in [0.2, 0.25) is 0 Å². The van der Waals surface area contributed by atoms with Crippen LogP contribution in [0.15, 0.2) is 40.9 Å². The average Bonchev–Trinajstić information content (AvgIpc) is 3.08. The Bertz CT molecular complexity index is 577. The molecule has 23 heavy (non-hydrogen) atoms. The van der Waals surface area contributed by atoms with Crippen LogP contribution in [0.2, 0.25) is 0 Å². The van der Waals surface area contributed by atoms with Crippen LogP contribution in [-0.2, 0) is 6.61 Å². The Kier molecular flexibility index (Phi) is 5.66. The van der Waals surface area contributed by atoms with Crippen LogP contribution in [0.1, 0.15) is 36.5 Å². The highest BCUT2D eigenvalue weighted by molar-refractivity contribution is 5.18. The van der Waals surface area contributed by atoms with Crippen LogP contribution in [0.3, 0.4) is 0 Å². The number of hydrogen-bond donors (Lipinski definition) is 1. The molecular weight excluding hydrogens is 290 g/mol. The van der Waals surface area contributed by atoms with E-state index in [9.17, 15) is 0 Å². The van der Waals surface area contributed by atoms with Crippen molar-refractivity contribution in [2.45, 2.75) is 31.8 Å². The first-order valence-electron chi connectivity index (χ1n) is 8.41. The van der Waals surface area contributed by atoms with Gasteiger partial charge in [-0.2, -0.15) is 0 Å². The number of likely N-dealkylation sites (tertiary alicyclic amines) is 1. The summed E-state index contributed by atoms with van der Waals surface area (Å²) in [4.78, 5) is 2.48. The SMILES string of the molecule is NCCCN1CCC(c2cc(OCc3ccccc3)no2)CC1. The maximum Gasteiger partial charge on any atom is 0.254 e. The maximum absolute atomic E-state index is 5.71. The van der Waals surface area contributed by atoms with Gasteiger partial charge in [0.05, 0.1) is 0 Å². The zero-order valence-electron chi connectivity index (χ0n) is 13.5. The van der Waals surface area contributed by atoms with E-state index >= 15 is 0 Å². The monoisotopic (exact) mass is 315 g/mol. The van der Waals surface area contributed by atoms with E-state index in [1.54, 1.807) is 0 Å². The molecule has 2 heterocycles. The predicted octanol–water partition coefficient (Wildman–Crippen LogP) is 2.78. The van der Waals surface area contributed by atoms with Gasteiger partial charge in [-0.1, -0.05) is 30.3 Å². The standard InChI is InChI=1S/C18H25N3O2/c19-9-4-10-21-11-7-16(8-12-21)17-13-18(20-23-17)22-14-15-5-2-1-3-6-15/h1-3,5-6,13,16H,4,7-12,14,19H2. The minimum absolute atomic E-state index is 0.450. The largest absolute Gasteiger partial charge is 0.471 e. The first kappa shape index (κ1) is 16.0. The van der Waals surface area contributed by atoms with Crippen LogP contribution < -0.4 is 10.5 Å². The Hall–Kier alpha value is -1.85. The van der Waals surface area contributed by atoms with Crippen molar-refractivity contribution in [2.75, 3.05) is 26.2 Å². The van der Waals surface area contributed by atoms with Crippen LogP contribution in [-0.4, -0.2) is 36.2 Å². The molecule has 0 unspecified atom stereocenters. The normalized spacial score (nSPS) is 16.6. The summed E-state index contributed by atoms with van der Waals surface area (Å²) in [5.74, 6) is 1.98. The molecule has 0 aliphatic carbocycles. The fourth-order valence-electron chi connectivity index (χ4n) is 3.02. The predicted molar refractivity (Wildman–Crippen MR) is 89.4 cm³/mol. The second-order valence-electron chi connectivity index (χ2n) is 6.10. The molecule has 0 atom stereocenters. The molecule has 2 aromatic rings. The van der Waals surface area contributed by atoms with Gasteiger partial charge in [-0.15, -0.1) is 0 Å². The van der Waals surface area contributed by atoms with Gasteiger partial charge in [-0.3, -0.25) is 0 Å². The van der Waals surface area contributed by atoms with Gasteiger partial charge < -0.3 is 19.9 Å². The van der Waals surface area contributed by atoms with Crippen LogP contribution in [0.4, 0.5) is 0 Å². The average molecular weight is 315 g/mol. The first-order valence-corrected chi connectivity index (χ1v) is 8.41. The number of benzene rings is 1. The third-order valence-electron chi connectivity index (χ3n) is 4.40. The highest BCUT2D eigenvalue weighted by atomic mass is 16.5. The molecule has 2 N–H and O–H groups in total. The number of ether oxygens (including phenoxy) is 1. The highest BCUT2D eigenvalue weighted by Crippen LogP contribution is 2.30. The Labute approximate surface area is 137 Å². The molecule has 0 radical (unpaired) electrons. The van der Waals surface area contributed by atoms with Crippen LogP contribution in [0.25, 0.3) is 0 Å². The summed E-state index contributed by atoms with van der Waals surface area (Å²) >= 11 is 0. The third-order valence-corrected chi connectivity index (χ3v) is 4.40. The summed E-state index contributed by atoms with van der Waals surface area (Å²) in [6.07, 6.45) is 3.29. The number of piperidine rings is 1. The Morgan fingerprint density at radius 2 is 2.00 bits per heavy atom. The number of nitrogens with two attached hydrogens (primary N) is 1. The molecule has 0 spiro atoms. The van der Waals surface area contributed by atoms with Crippen molar-refractivity contribution in [1.29, 1.82) is 0 Å². The van der Waals surface area contributed by atoms with E-state index in [0.717, 1.165) is 56.8 Å². The quantitative estimate of drug-likeness (QED) is 0.851. The van der Waals surface area contributed by atoms with E-state index in [1.165, 1.54) is 0 Å². The molecule has 1 aliphatic heterocycles. The van der Waals surface area contributed by atoms with Crippen LogP contribution in [0, 0.1) is 0 Å². The van der Waals surface area contributed by atoms with Crippen LogP contribution >= 0.6 is 0 Å². The summed E-state index contributed by atoms with van der Waals surface area (Å²) < 4.78 is 11.2. The fraction of sp³-hybridized carbons (Fsp3) is 0.500. The summed E-state index contributed by atoms with van der Waals surface area (Å²) in [5, 5.41) is 4.05. The van der Waals surface area contributed by atoms with Crippen molar-refractivity contribution in [2.24, 2.45) is 5.73 Å². The van der Waals surface area contributed by atoms with Crippen molar-refractivity contribution < 1.29 is 9.26 Å². The minimum Gasteiger partial charge on any atom is -0.471 e. The summed E-state index contributed by atoms with van der Waals surface area (Å²) in [7, 11) is 0. The summed E-state index contributed by atoms with van der Waals surface area (Å²) in [6, 6.07) is 12.0. The van der Waals surface area contributed by atoms with Gasteiger partial charge in [0, 0.05) is 12.0 Å². The van der Waals surface area contributed by atoms with Crippen molar-refractivity contribution in [3.63, 3.8) is 0 Å². The topological polar surface area (TPSA) is 64.5 Å². The molecule has 124 valence electrons. The number of aromatic nitrogens is 1. The Morgan fingerprint density at radius 1 is 1.22 bits per heavy atom. The zero-order valence-corrected chi connectivity index (χ0v) is 13.5. The lowest BCUT2D eigenvalue weighted by Gasteiger charge is -2.30. The lowest BCUT2D eigenvalue weighted by Crippen LogP contribution is -2.34. The molecule has 0 bridgehead atoms. The van der Waals surface area contributed by atoms with Crippen molar-refractivity contribution >= 4 is 0 Å². The van der Waals surface area contributed by atoms with Gasteiger partial charge in [0.15, 0.2) is 0 Å². The van der Waals surface area contributed by atoms with E-state index in [2.05, 4.69) is 10.1 Å². The van der Waals surface area contributed by atoms with Crippen LogP contribution in [0.5, 0.6) is 5.88 Å². The van der Waals surface area contributed by atoms with E-state index in [-0.39, 0.29) is 0 Å². The van der Waals surface area contributed by atoms with E-state index in [1.807, 2.05) is 36.4 Å². The van der Waals surface area contributed by atoms with E-state index < -0.39 is 0 Å². The molecule has 1 aliphatic rings. The fourth-order valence-corrected chi connectivity index (χ4v) is 3.02. The van der Waals surface area contributed by atoms with E-state index in [4.69, 9.17) is 15.0 Å². The highest BCUT2D eigenvalue weighted by Gasteiger charge is 2.23. The lowest BCUT2D eigenvalue weighted by atomic mass is 9.94. The number of hydrogen-bond acceptors (Lipinski definition) is 5. The van der Waals surface area contributed by atoms with Crippen molar-refractivity contribution in [3.05, 3.63) is 47.7 Å². The number of nitrogens with zero attached hydrogens (tertiary/aromatic N) is 2. The molecule has 1 saturated heterocycles. The molecular formula is C18H25N3O2. The number of rotatable bonds is 7. The summed E-state index contributed by atoms with van der Waals surface area (Å²) in [5.41, 5.74) is 6.70. The zero-order chi connectivity index (χ0) is 15.9. The summed E-state index contributed by atoms with van der Waals surface area (Å²) in [6.45, 7) is 4.59. The van der Waals surface area contributed by atoms with Gasteiger partial charge in [0.1, 0.15) is 12.4 Å². The molecule has 1 aromatic carbocycles. The molecule has 0 amide bonds. The first-order chi connectivity index (χ1) is 11.3. The minimum atomic E-state index is 0.450. The van der Waals surface area contributed by atoms with Gasteiger partial charge in [-0.25, -0.2) is 0 Å². The maximum atomic E-state index is 5.71. The van der Waals surface area contributed by atoms with Crippen molar-refractivity contribution in [1.82, 2.24) is 10.1 Å². The van der Waals surface area contributed by atoms with E-state index in [0.29, 0.717) is 18.4 Å². The Morgan fingerprint density at radius 3 is 2.74 bits per heavy atom. The molecule has 1 aromatic heterocycles. The molecule has 5 heteroatoms. The molecule has 3 rings (SSSR count). The second-order valence-corrected chi connectivity index (χ2v) is 6.10. The molecule has 0 saturated carbocycles. The Balaban J connectivity index is 1.48. The van der Waals surface area contributed by atoms with Crippen molar-refractivity contribution in [3.8, 4) is 5.88 Å². The van der Waals surface area contributed by atoms with Gasteiger partial charge in [-0.05, 0) is 56.2 Å². The van der Waals surface area contributed by atoms with Gasteiger partial charge in [0.25, 0.3) is 5.88 Å². The second kappa shape index (κ2) is 8.13.